The number of aliphatic hydroxyl groups is 1. The predicted octanol–water partition coefficient (Wildman–Crippen LogP) is 3.27. The Balaban J connectivity index is 1.94. The fraction of sp³-hybridized carbons (Fsp3) is 0.389. The van der Waals surface area contributed by atoms with Crippen LogP contribution in [0.25, 0.3) is 0 Å². The number of thiocarbonyl (C=S) groups is 1. The summed E-state index contributed by atoms with van der Waals surface area (Å²) in [5.41, 5.74) is 0.935. The number of likely N-dealkylation sites (N-methyl/N-ethyl adjacent to an activating group) is 1. The Morgan fingerprint density at radius 3 is 2.64 bits per heavy atom. The standard InChI is InChI=1S/C18H23NO2S/c1-19(2)15(12-16(20)14-8-4-3-5-9-14)13-21-17-10-6-7-11-18(17)22/h3-10,15-16,20H,11-13H2,1-2H3. The predicted molar refractivity (Wildman–Crippen MR) is 93.9 cm³/mol. The summed E-state index contributed by atoms with van der Waals surface area (Å²) < 4.78 is 5.87. The molecule has 0 amide bonds. The SMILES string of the molecule is CN(C)C(COC1=CC=CCC1=S)CC(O)c1ccccc1. The van der Waals surface area contributed by atoms with Gasteiger partial charge in [0.15, 0.2) is 0 Å². The van der Waals surface area contributed by atoms with Crippen molar-refractivity contribution in [3.05, 3.63) is 59.9 Å². The summed E-state index contributed by atoms with van der Waals surface area (Å²) in [4.78, 5) is 2.91. The molecule has 118 valence electrons. The zero-order valence-corrected chi connectivity index (χ0v) is 13.9. The van der Waals surface area contributed by atoms with Crippen molar-refractivity contribution in [1.82, 2.24) is 4.90 Å². The number of allylic oxidation sites excluding steroid dienone is 4. The van der Waals surface area contributed by atoms with Crippen molar-refractivity contribution in [2.75, 3.05) is 20.7 Å². The van der Waals surface area contributed by atoms with E-state index < -0.39 is 6.10 Å². The van der Waals surface area contributed by atoms with Gasteiger partial charge in [0.25, 0.3) is 0 Å². The molecule has 2 rings (SSSR count). The summed E-state index contributed by atoms with van der Waals surface area (Å²) in [5.74, 6) is 0.776. The molecule has 0 spiro atoms. The van der Waals surface area contributed by atoms with Gasteiger partial charge in [-0.05, 0) is 32.2 Å². The highest BCUT2D eigenvalue weighted by Crippen LogP contribution is 2.21. The second-order valence-electron chi connectivity index (χ2n) is 5.68. The van der Waals surface area contributed by atoms with Crippen LogP contribution in [-0.4, -0.2) is 41.6 Å². The quantitative estimate of drug-likeness (QED) is 0.782. The molecular weight excluding hydrogens is 294 g/mol. The molecule has 1 aliphatic carbocycles. The topological polar surface area (TPSA) is 32.7 Å². The van der Waals surface area contributed by atoms with Crippen LogP contribution in [-0.2, 0) is 4.74 Å². The first-order chi connectivity index (χ1) is 10.6. The molecule has 0 saturated heterocycles. The minimum absolute atomic E-state index is 0.116. The van der Waals surface area contributed by atoms with Crippen LogP contribution in [0.4, 0.5) is 0 Å². The summed E-state index contributed by atoms with van der Waals surface area (Å²) >= 11 is 5.30. The smallest absolute Gasteiger partial charge is 0.133 e. The van der Waals surface area contributed by atoms with Crippen molar-refractivity contribution in [3.63, 3.8) is 0 Å². The zero-order valence-electron chi connectivity index (χ0n) is 13.1. The molecule has 0 fully saturated rings. The number of ether oxygens (including phenoxy) is 1. The molecule has 0 bridgehead atoms. The Bertz CT molecular complexity index is 551. The normalized spacial score (nSPS) is 17.3. The van der Waals surface area contributed by atoms with Crippen LogP contribution in [0, 0.1) is 0 Å². The lowest BCUT2D eigenvalue weighted by Crippen LogP contribution is -2.34. The van der Waals surface area contributed by atoms with E-state index in [9.17, 15) is 5.11 Å². The zero-order chi connectivity index (χ0) is 15.9. The second kappa shape index (κ2) is 8.22. The second-order valence-corrected chi connectivity index (χ2v) is 6.17. The molecule has 3 nitrogen and oxygen atoms in total. The number of hydrogen-bond donors (Lipinski definition) is 1. The van der Waals surface area contributed by atoms with E-state index in [1.54, 1.807) is 0 Å². The van der Waals surface area contributed by atoms with Crippen molar-refractivity contribution in [2.45, 2.75) is 25.0 Å². The third-order valence-corrected chi connectivity index (χ3v) is 4.17. The van der Waals surface area contributed by atoms with Crippen LogP contribution in [0.5, 0.6) is 0 Å². The summed E-state index contributed by atoms with van der Waals surface area (Å²) in [6.07, 6.45) is 6.79. The maximum Gasteiger partial charge on any atom is 0.133 e. The molecule has 2 unspecified atom stereocenters. The molecule has 1 N–H and O–H groups in total. The Labute approximate surface area is 137 Å². The minimum Gasteiger partial charge on any atom is -0.491 e. The highest BCUT2D eigenvalue weighted by molar-refractivity contribution is 7.80. The fourth-order valence-corrected chi connectivity index (χ4v) is 2.56. The van der Waals surface area contributed by atoms with Gasteiger partial charge in [-0.2, -0.15) is 0 Å². The maximum atomic E-state index is 10.4. The molecule has 0 radical (unpaired) electrons. The number of rotatable bonds is 7. The van der Waals surface area contributed by atoms with E-state index in [1.807, 2.05) is 62.7 Å². The maximum absolute atomic E-state index is 10.4. The van der Waals surface area contributed by atoms with Gasteiger partial charge in [-0.1, -0.05) is 54.7 Å². The van der Waals surface area contributed by atoms with Crippen LogP contribution in [0.1, 0.15) is 24.5 Å². The number of aliphatic hydroxyl groups excluding tert-OH is 1. The van der Waals surface area contributed by atoms with Gasteiger partial charge in [-0.15, -0.1) is 0 Å². The lowest BCUT2D eigenvalue weighted by Gasteiger charge is -2.27. The Kier molecular flexibility index (Phi) is 6.31. The molecule has 0 saturated carbocycles. The van der Waals surface area contributed by atoms with E-state index in [2.05, 4.69) is 4.90 Å². The third kappa shape index (κ3) is 4.77. The minimum atomic E-state index is -0.496. The highest BCUT2D eigenvalue weighted by atomic mass is 32.1. The fourth-order valence-electron chi connectivity index (χ4n) is 2.34. The van der Waals surface area contributed by atoms with Crippen molar-refractivity contribution in [1.29, 1.82) is 0 Å². The van der Waals surface area contributed by atoms with E-state index in [-0.39, 0.29) is 6.04 Å². The van der Waals surface area contributed by atoms with E-state index in [4.69, 9.17) is 17.0 Å². The van der Waals surface area contributed by atoms with Crippen LogP contribution in [0.15, 0.2) is 54.3 Å². The number of benzene rings is 1. The van der Waals surface area contributed by atoms with Crippen LogP contribution in [0.3, 0.4) is 0 Å². The average molecular weight is 317 g/mol. The van der Waals surface area contributed by atoms with Crippen molar-refractivity contribution in [3.8, 4) is 0 Å². The summed E-state index contributed by atoms with van der Waals surface area (Å²) in [6, 6.07) is 9.84. The Morgan fingerprint density at radius 1 is 1.27 bits per heavy atom. The number of nitrogens with zero attached hydrogens (tertiary/aromatic N) is 1. The van der Waals surface area contributed by atoms with Gasteiger partial charge in [-0.3, -0.25) is 0 Å². The highest BCUT2D eigenvalue weighted by Gasteiger charge is 2.20. The molecular formula is C18H23NO2S. The van der Waals surface area contributed by atoms with Gasteiger partial charge in [0, 0.05) is 12.5 Å². The van der Waals surface area contributed by atoms with Gasteiger partial charge in [0.1, 0.15) is 12.4 Å². The molecule has 4 heteroatoms. The van der Waals surface area contributed by atoms with E-state index >= 15 is 0 Å². The molecule has 0 aromatic heterocycles. The van der Waals surface area contributed by atoms with E-state index in [1.165, 1.54) is 0 Å². The van der Waals surface area contributed by atoms with Crippen molar-refractivity contribution < 1.29 is 9.84 Å². The van der Waals surface area contributed by atoms with E-state index in [0.717, 1.165) is 22.6 Å². The van der Waals surface area contributed by atoms with Crippen LogP contribution in [0.2, 0.25) is 0 Å². The van der Waals surface area contributed by atoms with Crippen LogP contribution >= 0.6 is 12.2 Å². The van der Waals surface area contributed by atoms with Gasteiger partial charge in [-0.25, -0.2) is 0 Å². The first-order valence-electron chi connectivity index (χ1n) is 7.50. The summed E-state index contributed by atoms with van der Waals surface area (Å²) in [6.45, 7) is 0.511. The van der Waals surface area contributed by atoms with Crippen molar-refractivity contribution >= 4 is 17.1 Å². The van der Waals surface area contributed by atoms with Gasteiger partial charge >= 0.3 is 0 Å². The molecule has 1 aromatic rings. The van der Waals surface area contributed by atoms with Gasteiger partial charge in [0.2, 0.25) is 0 Å². The molecule has 0 aliphatic heterocycles. The number of hydrogen-bond acceptors (Lipinski definition) is 4. The Hall–Kier alpha value is -1.49. The van der Waals surface area contributed by atoms with Crippen molar-refractivity contribution in [2.24, 2.45) is 0 Å². The molecule has 1 aromatic carbocycles. The Morgan fingerprint density at radius 2 is 2.00 bits per heavy atom. The first-order valence-corrected chi connectivity index (χ1v) is 7.91. The molecule has 1 aliphatic rings. The van der Waals surface area contributed by atoms with E-state index in [0.29, 0.717) is 13.0 Å². The monoisotopic (exact) mass is 317 g/mol. The summed E-state index contributed by atoms with van der Waals surface area (Å²) in [7, 11) is 4.00. The lowest BCUT2D eigenvalue weighted by atomic mass is 10.0. The third-order valence-electron chi connectivity index (χ3n) is 3.80. The van der Waals surface area contributed by atoms with Crippen LogP contribution < -0.4 is 0 Å². The van der Waals surface area contributed by atoms with Gasteiger partial charge in [0.05, 0.1) is 11.0 Å². The summed E-state index contributed by atoms with van der Waals surface area (Å²) in [5, 5.41) is 10.4. The lowest BCUT2D eigenvalue weighted by molar-refractivity contribution is 0.0805. The van der Waals surface area contributed by atoms with Gasteiger partial charge < -0.3 is 14.7 Å². The molecule has 0 heterocycles. The molecule has 2 atom stereocenters. The largest absolute Gasteiger partial charge is 0.491 e. The molecule has 22 heavy (non-hydrogen) atoms. The first kappa shape index (κ1) is 16.9. The average Bonchev–Trinajstić information content (AvgIpc) is 2.53.